The number of halogens is 4. The van der Waals surface area contributed by atoms with Crippen LogP contribution in [0.15, 0.2) is 24.8 Å². The number of hydrogen-bond acceptors (Lipinski definition) is 5. The highest BCUT2D eigenvalue weighted by Gasteiger charge is 2.62. The van der Waals surface area contributed by atoms with Crippen LogP contribution in [0.5, 0.6) is 0 Å². The number of H-pyrrole nitrogens is 1. The summed E-state index contributed by atoms with van der Waals surface area (Å²) >= 11 is 6.48. The molecule has 1 aliphatic heterocycles. The van der Waals surface area contributed by atoms with Gasteiger partial charge >= 0.3 is 0 Å². The fourth-order valence-corrected chi connectivity index (χ4v) is 5.28. The minimum absolute atomic E-state index is 0.132. The molecule has 12 heteroatoms. The normalized spacial score (nSPS) is 19.1. The lowest BCUT2D eigenvalue weighted by molar-refractivity contribution is -0.170. The molecule has 0 radical (unpaired) electrons. The number of nitrogens with one attached hydrogen (secondary N) is 2. The molecule has 1 saturated heterocycles. The van der Waals surface area contributed by atoms with E-state index in [1.165, 1.54) is 31.7 Å². The summed E-state index contributed by atoms with van der Waals surface area (Å²) in [5.74, 6) is -2.95. The number of benzene rings is 1. The number of carbonyl (C=O) groups is 1. The van der Waals surface area contributed by atoms with Crippen LogP contribution in [-0.2, 0) is 4.79 Å². The van der Waals surface area contributed by atoms with Crippen molar-refractivity contribution < 1.29 is 18.0 Å². The zero-order valence-electron chi connectivity index (χ0n) is 18.5. The third-order valence-electron chi connectivity index (χ3n) is 6.56. The largest absolute Gasteiger partial charge is 0.366 e. The molecular weight excluding hydrogens is 483 g/mol. The van der Waals surface area contributed by atoms with Gasteiger partial charge < -0.3 is 14.6 Å². The number of aromatic amines is 1. The first-order valence-corrected chi connectivity index (χ1v) is 11.7. The van der Waals surface area contributed by atoms with Crippen molar-refractivity contribution in [1.29, 1.82) is 0 Å². The van der Waals surface area contributed by atoms with Gasteiger partial charge in [-0.3, -0.25) is 14.9 Å². The second-order valence-electron chi connectivity index (χ2n) is 9.56. The smallest absolute Gasteiger partial charge is 0.249 e. The molecule has 2 saturated carbocycles. The molecule has 1 spiro atoms. The molecule has 0 unspecified atom stereocenters. The summed E-state index contributed by atoms with van der Waals surface area (Å²) in [6.07, 6.45) is 10.9. The fraction of sp³-hybridized carbons (Fsp3) is 0.391. The Morgan fingerprint density at radius 3 is 2.54 bits per heavy atom. The van der Waals surface area contributed by atoms with Gasteiger partial charge in [0.05, 0.1) is 34.8 Å². The van der Waals surface area contributed by atoms with Crippen molar-refractivity contribution >= 4 is 46.1 Å². The van der Waals surface area contributed by atoms with E-state index in [-0.39, 0.29) is 23.6 Å². The van der Waals surface area contributed by atoms with Crippen molar-refractivity contribution in [1.82, 2.24) is 24.6 Å². The number of amides is 1. The molecule has 1 aromatic carbocycles. The molecule has 2 N–H and O–H groups in total. The number of aromatic nitrogens is 5. The van der Waals surface area contributed by atoms with Crippen LogP contribution in [0.25, 0.3) is 27.8 Å². The SMILES string of the molecule is C1CC1.O=CNc1cn2cc(-c3c(Cl)c(F)c(N4CC5(C4)CC(F)(F)C5)c4[nH]ncc34)ncc2n1. The standard InChI is InChI=1S/C20H15ClF3N7O.C3H6/c21-15-14(11-3-30-4-12(26-9-32)28-13(30)2-25-11)10-1-27-29-17(10)18(16(15)22)31-7-19(8-31)5-20(23,24)6-19;1-2-3-1/h1-4,9H,5-8H2,(H,26,32)(H,27,29);1-3H2. The quantitative estimate of drug-likeness (QED) is 0.381. The van der Waals surface area contributed by atoms with Crippen molar-refractivity contribution in [2.24, 2.45) is 5.41 Å². The number of fused-ring (bicyclic) bond motifs is 2. The molecule has 182 valence electrons. The Bertz CT molecular complexity index is 1450. The predicted octanol–water partition coefficient (Wildman–Crippen LogP) is 5.04. The van der Waals surface area contributed by atoms with Crippen LogP contribution < -0.4 is 10.2 Å². The summed E-state index contributed by atoms with van der Waals surface area (Å²) in [4.78, 5) is 20.9. The Morgan fingerprint density at radius 1 is 1.14 bits per heavy atom. The molecule has 0 atom stereocenters. The summed E-state index contributed by atoms with van der Waals surface area (Å²) in [6.45, 7) is 0.685. The van der Waals surface area contributed by atoms with E-state index in [2.05, 4.69) is 25.5 Å². The summed E-state index contributed by atoms with van der Waals surface area (Å²) in [5, 5.41) is 9.77. The third-order valence-corrected chi connectivity index (χ3v) is 6.91. The van der Waals surface area contributed by atoms with E-state index in [4.69, 9.17) is 11.6 Å². The van der Waals surface area contributed by atoms with Crippen molar-refractivity contribution in [3.05, 3.63) is 35.6 Å². The second-order valence-corrected chi connectivity index (χ2v) is 9.94. The highest BCUT2D eigenvalue weighted by atomic mass is 35.5. The van der Waals surface area contributed by atoms with Crippen molar-refractivity contribution in [3.8, 4) is 11.3 Å². The zero-order chi connectivity index (χ0) is 24.4. The molecule has 4 aromatic rings. The van der Waals surface area contributed by atoms with Gasteiger partial charge in [0.1, 0.15) is 5.69 Å². The number of carbonyl (C=O) groups excluding carboxylic acids is 1. The Kier molecular flexibility index (Phi) is 4.96. The van der Waals surface area contributed by atoms with Crippen LogP contribution in [0.3, 0.4) is 0 Å². The lowest BCUT2D eigenvalue weighted by Crippen LogP contribution is -2.66. The molecule has 7 rings (SSSR count). The zero-order valence-corrected chi connectivity index (χ0v) is 19.2. The number of imidazole rings is 1. The van der Waals surface area contributed by atoms with Gasteiger partial charge in [-0.1, -0.05) is 30.9 Å². The van der Waals surface area contributed by atoms with Gasteiger partial charge in [-0.05, 0) is 0 Å². The summed E-state index contributed by atoms with van der Waals surface area (Å²) in [5.41, 5.74) is 1.41. The van der Waals surface area contributed by atoms with Gasteiger partial charge in [0.15, 0.2) is 17.3 Å². The second kappa shape index (κ2) is 7.84. The minimum atomic E-state index is -2.63. The minimum Gasteiger partial charge on any atom is -0.366 e. The molecule has 3 fully saturated rings. The van der Waals surface area contributed by atoms with Gasteiger partial charge in [-0.25, -0.2) is 18.2 Å². The van der Waals surface area contributed by atoms with E-state index in [0.717, 1.165) is 0 Å². The molecule has 1 amide bonds. The lowest BCUT2D eigenvalue weighted by atomic mass is 9.61. The Balaban J connectivity index is 0.000000710. The van der Waals surface area contributed by atoms with E-state index < -0.39 is 17.2 Å². The third kappa shape index (κ3) is 3.78. The van der Waals surface area contributed by atoms with Gasteiger partial charge in [-0.15, -0.1) is 0 Å². The summed E-state index contributed by atoms with van der Waals surface area (Å²) in [6, 6.07) is 0. The monoisotopic (exact) mass is 503 g/mol. The molecule has 8 nitrogen and oxygen atoms in total. The van der Waals surface area contributed by atoms with E-state index >= 15 is 4.39 Å². The first kappa shape index (κ1) is 22.1. The van der Waals surface area contributed by atoms with E-state index in [0.29, 0.717) is 53.1 Å². The van der Waals surface area contributed by atoms with Gasteiger partial charge in [0.25, 0.3) is 0 Å². The number of hydrogen-bond donors (Lipinski definition) is 2. The number of rotatable bonds is 4. The predicted molar refractivity (Wildman–Crippen MR) is 125 cm³/mol. The van der Waals surface area contributed by atoms with Gasteiger partial charge in [-0.2, -0.15) is 5.10 Å². The fourth-order valence-electron chi connectivity index (χ4n) is 4.99. The number of anilines is 2. The van der Waals surface area contributed by atoms with E-state index in [1.807, 2.05) is 0 Å². The average molecular weight is 504 g/mol. The molecule has 3 aromatic heterocycles. The average Bonchev–Trinajstić information content (AvgIpc) is 3.49. The first-order chi connectivity index (χ1) is 16.8. The summed E-state index contributed by atoms with van der Waals surface area (Å²) in [7, 11) is 0. The Labute approximate surface area is 202 Å². The summed E-state index contributed by atoms with van der Waals surface area (Å²) < 4.78 is 43.9. The topological polar surface area (TPSA) is 91.2 Å². The highest BCUT2D eigenvalue weighted by molar-refractivity contribution is 6.36. The van der Waals surface area contributed by atoms with Crippen LogP contribution in [0.1, 0.15) is 32.1 Å². The van der Waals surface area contributed by atoms with Gasteiger partial charge in [0.2, 0.25) is 12.3 Å². The van der Waals surface area contributed by atoms with Crippen molar-refractivity contribution in [3.63, 3.8) is 0 Å². The number of nitrogens with zero attached hydrogens (tertiary/aromatic N) is 5. The molecular formula is C23H21ClF3N7O. The molecule has 2 aliphatic carbocycles. The first-order valence-electron chi connectivity index (χ1n) is 11.3. The van der Waals surface area contributed by atoms with Crippen LogP contribution in [0.4, 0.5) is 24.7 Å². The maximum Gasteiger partial charge on any atom is 0.249 e. The van der Waals surface area contributed by atoms with Gasteiger partial charge in [0, 0.05) is 48.5 Å². The Morgan fingerprint density at radius 2 is 1.89 bits per heavy atom. The van der Waals surface area contributed by atoms with Crippen LogP contribution in [0.2, 0.25) is 5.02 Å². The van der Waals surface area contributed by atoms with Crippen LogP contribution in [-0.4, -0.2) is 50.0 Å². The molecule has 35 heavy (non-hydrogen) atoms. The maximum absolute atomic E-state index is 15.5. The van der Waals surface area contributed by atoms with E-state index in [1.54, 1.807) is 21.7 Å². The molecule has 4 heterocycles. The van der Waals surface area contributed by atoms with Crippen molar-refractivity contribution in [2.75, 3.05) is 23.3 Å². The number of alkyl halides is 2. The highest BCUT2D eigenvalue weighted by Crippen LogP contribution is 2.58. The Hall–Kier alpha value is -3.34. The van der Waals surface area contributed by atoms with Crippen molar-refractivity contribution in [2.45, 2.75) is 38.0 Å². The molecule has 0 bridgehead atoms. The molecule has 3 aliphatic rings. The lowest BCUT2D eigenvalue weighted by Gasteiger charge is -2.59. The maximum atomic E-state index is 15.5. The van der Waals surface area contributed by atoms with E-state index in [9.17, 15) is 13.6 Å². The van der Waals surface area contributed by atoms with Crippen LogP contribution >= 0.6 is 11.6 Å². The van der Waals surface area contributed by atoms with Crippen LogP contribution in [0, 0.1) is 11.2 Å².